The molecule has 0 saturated heterocycles. The molecule has 0 radical (unpaired) electrons. The number of nitrogens with two attached hydrogens (primary N) is 1. The Morgan fingerprint density at radius 1 is 1.24 bits per heavy atom. The number of hydrogen-bond acceptors (Lipinski definition) is 5. The third-order valence-electron chi connectivity index (χ3n) is 2.66. The van der Waals surface area contributed by atoms with Gasteiger partial charge in [0.2, 0.25) is 0 Å². The van der Waals surface area contributed by atoms with Crippen LogP contribution in [0.1, 0.15) is 18.7 Å². The van der Waals surface area contributed by atoms with E-state index < -0.39 is 10.0 Å². The van der Waals surface area contributed by atoms with Gasteiger partial charge in [0.05, 0.1) is 6.10 Å². The van der Waals surface area contributed by atoms with Crippen LogP contribution >= 0.6 is 11.3 Å². The summed E-state index contributed by atoms with van der Waals surface area (Å²) in [6.45, 7) is 4.07. The van der Waals surface area contributed by atoms with Gasteiger partial charge >= 0.3 is 0 Å². The Kier molecular flexibility index (Phi) is 4.87. The molecule has 0 aliphatic rings. The van der Waals surface area contributed by atoms with Crippen molar-refractivity contribution in [2.75, 3.05) is 4.72 Å². The first kappa shape index (κ1) is 15.8. The molecular formula is C14H18N2O3S2. The number of rotatable bonds is 6. The van der Waals surface area contributed by atoms with E-state index >= 15 is 0 Å². The number of anilines is 1. The highest BCUT2D eigenvalue weighted by atomic mass is 32.2. The van der Waals surface area contributed by atoms with Gasteiger partial charge in [-0.2, -0.15) is 0 Å². The molecule has 0 saturated carbocycles. The summed E-state index contributed by atoms with van der Waals surface area (Å²) in [6.07, 6.45) is 0.0745. The van der Waals surface area contributed by atoms with Crippen LogP contribution in [0.4, 0.5) is 5.69 Å². The minimum Gasteiger partial charge on any atom is -0.491 e. The highest BCUT2D eigenvalue weighted by Gasteiger charge is 2.19. The van der Waals surface area contributed by atoms with E-state index in [0.29, 0.717) is 16.3 Å². The Morgan fingerprint density at radius 2 is 1.90 bits per heavy atom. The van der Waals surface area contributed by atoms with Gasteiger partial charge in [-0.3, -0.25) is 4.72 Å². The van der Waals surface area contributed by atoms with Gasteiger partial charge in [-0.1, -0.05) is 0 Å². The molecule has 0 bridgehead atoms. The molecule has 5 nitrogen and oxygen atoms in total. The van der Waals surface area contributed by atoms with E-state index in [1.807, 2.05) is 13.8 Å². The van der Waals surface area contributed by atoms with Crippen molar-refractivity contribution >= 4 is 27.0 Å². The van der Waals surface area contributed by atoms with Crippen LogP contribution in [0.15, 0.2) is 40.6 Å². The maximum Gasteiger partial charge on any atom is 0.263 e. The minimum absolute atomic E-state index is 0.0745. The van der Waals surface area contributed by atoms with Crippen LogP contribution < -0.4 is 15.2 Å². The number of sulfonamides is 1. The molecule has 7 heteroatoms. The van der Waals surface area contributed by atoms with Gasteiger partial charge in [0.1, 0.15) is 10.6 Å². The highest BCUT2D eigenvalue weighted by molar-refractivity contribution is 7.93. The van der Waals surface area contributed by atoms with Gasteiger partial charge in [-0.15, -0.1) is 11.3 Å². The molecule has 2 aromatic rings. The first-order valence-corrected chi connectivity index (χ1v) is 8.84. The van der Waals surface area contributed by atoms with Gasteiger partial charge in [-0.05, 0) is 49.6 Å². The van der Waals surface area contributed by atoms with Crippen LogP contribution in [-0.4, -0.2) is 14.5 Å². The molecule has 0 unspecified atom stereocenters. The van der Waals surface area contributed by atoms with Crippen molar-refractivity contribution in [3.05, 3.63) is 40.6 Å². The van der Waals surface area contributed by atoms with Crippen molar-refractivity contribution in [3.63, 3.8) is 0 Å². The summed E-state index contributed by atoms with van der Waals surface area (Å²) in [4.78, 5) is 0.875. The Bertz CT molecular complexity index is 691. The Balaban J connectivity index is 2.17. The van der Waals surface area contributed by atoms with Crippen LogP contribution in [0.3, 0.4) is 0 Å². The van der Waals surface area contributed by atoms with Gasteiger partial charge < -0.3 is 10.5 Å². The Morgan fingerprint density at radius 3 is 2.48 bits per heavy atom. The summed E-state index contributed by atoms with van der Waals surface area (Å²) in [5.74, 6) is 0.700. The largest absolute Gasteiger partial charge is 0.491 e. The predicted molar refractivity (Wildman–Crippen MR) is 85.2 cm³/mol. The van der Waals surface area contributed by atoms with E-state index in [1.54, 1.807) is 35.7 Å². The smallest absolute Gasteiger partial charge is 0.263 e. The number of ether oxygens (including phenoxy) is 1. The van der Waals surface area contributed by atoms with Crippen molar-refractivity contribution in [1.82, 2.24) is 0 Å². The summed E-state index contributed by atoms with van der Waals surface area (Å²) < 4.78 is 32.7. The van der Waals surface area contributed by atoms with Crippen molar-refractivity contribution in [2.24, 2.45) is 5.73 Å². The molecule has 21 heavy (non-hydrogen) atoms. The van der Waals surface area contributed by atoms with Crippen molar-refractivity contribution in [2.45, 2.75) is 31.4 Å². The summed E-state index contributed by atoms with van der Waals surface area (Å²) in [7, 11) is -3.61. The fraction of sp³-hybridized carbons (Fsp3) is 0.286. The quantitative estimate of drug-likeness (QED) is 0.855. The molecular weight excluding hydrogens is 308 g/mol. The summed E-state index contributed by atoms with van der Waals surface area (Å²) >= 11 is 1.33. The lowest BCUT2D eigenvalue weighted by molar-refractivity contribution is 0.242. The van der Waals surface area contributed by atoms with Gasteiger partial charge in [0.25, 0.3) is 10.0 Å². The number of thiophene rings is 1. The third kappa shape index (κ3) is 3.96. The first-order chi connectivity index (χ1) is 9.92. The molecule has 0 spiro atoms. The molecule has 114 valence electrons. The standard InChI is InChI=1S/C14H18N2O3S2/c1-10(2)19-12-5-3-11(4-6-12)16-21(17,18)14-7-8-20-13(14)9-15/h3-8,10,16H,9,15H2,1-2H3. The SMILES string of the molecule is CC(C)Oc1ccc(NS(=O)(=O)c2ccsc2CN)cc1. The molecule has 1 heterocycles. The predicted octanol–water partition coefficient (Wildman–Crippen LogP) is 2.79. The van der Waals surface area contributed by atoms with Crippen LogP contribution in [0, 0.1) is 0 Å². The Labute approximate surface area is 128 Å². The number of nitrogens with one attached hydrogen (secondary N) is 1. The highest BCUT2D eigenvalue weighted by Crippen LogP contribution is 2.25. The molecule has 2 rings (SSSR count). The number of hydrogen-bond donors (Lipinski definition) is 2. The zero-order valence-electron chi connectivity index (χ0n) is 11.9. The molecule has 0 fully saturated rings. The summed E-state index contributed by atoms with van der Waals surface area (Å²) in [5, 5.41) is 1.72. The Hall–Kier alpha value is -1.57. The third-order valence-corrected chi connectivity index (χ3v) is 5.20. The number of benzene rings is 1. The summed E-state index contributed by atoms with van der Waals surface area (Å²) in [5.41, 5.74) is 6.04. The molecule has 3 N–H and O–H groups in total. The molecule has 0 aliphatic heterocycles. The molecule has 1 aromatic carbocycles. The van der Waals surface area contributed by atoms with Crippen LogP contribution in [-0.2, 0) is 16.6 Å². The lowest BCUT2D eigenvalue weighted by Crippen LogP contribution is -2.14. The lowest BCUT2D eigenvalue weighted by atomic mass is 10.3. The van der Waals surface area contributed by atoms with E-state index in [4.69, 9.17) is 10.5 Å². The minimum atomic E-state index is -3.61. The van der Waals surface area contributed by atoms with Crippen molar-refractivity contribution < 1.29 is 13.2 Å². The second-order valence-electron chi connectivity index (χ2n) is 4.71. The van der Waals surface area contributed by atoms with Crippen molar-refractivity contribution in [3.8, 4) is 5.75 Å². The average Bonchev–Trinajstić information content (AvgIpc) is 2.89. The first-order valence-electron chi connectivity index (χ1n) is 6.48. The second kappa shape index (κ2) is 6.46. The second-order valence-corrected chi connectivity index (χ2v) is 7.36. The van der Waals surface area contributed by atoms with Crippen molar-refractivity contribution in [1.29, 1.82) is 0 Å². The zero-order chi connectivity index (χ0) is 15.5. The normalized spacial score (nSPS) is 11.6. The topological polar surface area (TPSA) is 81.4 Å². The van der Waals surface area contributed by atoms with Crippen LogP contribution in [0.2, 0.25) is 0 Å². The van der Waals surface area contributed by atoms with Gasteiger partial charge in [0.15, 0.2) is 0 Å². The molecule has 1 aromatic heterocycles. The molecule has 0 aliphatic carbocycles. The van der Waals surface area contributed by atoms with E-state index in [2.05, 4.69) is 4.72 Å². The average molecular weight is 326 g/mol. The maximum atomic E-state index is 12.3. The van der Waals surface area contributed by atoms with E-state index in [9.17, 15) is 8.42 Å². The van der Waals surface area contributed by atoms with Crippen LogP contribution in [0.5, 0.6) is 5.75 Å². The van der Waals surface area contributed by atoms with E-state index in [-0.39, 0.29) is 17.5 Å². The zero-order valence-corrected chi connectivity index (χ0v) is 13.5. The van der Waals surface area contributed by atoms with Gasteiger partial charge in [0, 0.05) is 17.1 Å². The fourth-order valence-corrected chi connectivity index (χ4v) is 4.20. The van der Waals surface area contributed by atoms with E-state index in [0.717, 1.165) is 0 Å². The van der Waals surface area contributed by atoms with Gasteiger partial charge in [-0.25, -0.2) is 8.42 Å². The maximum absolute atomic E-state index is 12.3. The monoisotopic (exact) mass is 326 g/mol. The summed E-state index contributed by atoms with van der Waals surface area (Å²) in [6, 6.07) is 8.36. The molecule has 0 amide bonds. The lowest BCUT2D eigenvalue weighted by Gasteiger charge is -2.11. The van der Waals surface area contributed by atoms with Crippen LogP contribution in [0.25, 0.3) is 0 Å². The molecule has 0 atom stereocenters. The fourth-order valence-electron chi connectivity index (χ4n) is 1.80. The van der Waals surface area contributed by atoms with E-state index in [1.165, 1.54) is 11.3 Å².